The third kappa shape index (κ3) is 7.97. The second-order valence-electron chi connectivity index (χ2n) is 17.6. The first-order valence-electron chi connectivity index (χ1n) is 21.9. The number of alkyl halides is 3. The van der Waals surface area contributed by atoms with Crippen molar-refractivity contribution in [1.82, 2.24) is 35.1 Å². The van der Waals surface area contributed by atoms with Crippen molar-refractivity contribution in [2.45, 2.75) is 88.6 Å². The minimum Gasteiger partial charge on any atom is -0.490 e. The number of nitrogens with zero attached hydrogens (tertiary/aromatic N) is 7. The van der Waals surface area contributed by atoms with Gasteiger partial charge in [-0.1, -0.05) is 29.8 Å². The molecule has 0 bridgehead atoms. The average Bonchev–Trinajstić information content (AvgIpc) is 3.60. The van der Waals surface area contributed by atoms with E-state index in [0.29, 0.717) is 77.3 Å². The van der Waals surface area contributed by atoms with Gasteiger partial charge < -0.3 is 20.3 Å². The van der Waals surface area contributed by atoms with Gasteiger partial charge in [0, 0.05) is 62.6 Å². The summed E-state index contributed by atoms with van der Waals surface area (Å²) in [6, 6.07) is 14.6. The fraction of sp³-hybridized carbons (Fsp3) is 0.435. The molecule has 1 unspecified atom stereocenters. The minimum atomic E-state index is -2.59. The third-order valence-electron chi connectivity index (χ3n) is 13.7. The predicted molar refractivity (Wildman–Crippen MR) is 236 cm³/mol. The van der Waals surface area contributed by atoms with E-state index in [-0.39, 0.29) is 36.1 Å². The van der Waals surface area contributed by atoms with E-state index >= 15 is 0 Å². The highest BCUT2D eigenvalue weighted by Crippen LogP contribution is 2.48. The van der Waals surface area contributed by atoms with Crippen molar-refractivity contribution in [2.24, 2.45) is 5.41 Å². The zero-order chi connectivity index (χ0) is 44.3. The largest absolute Gasteiger partial charge is 0.490 e. The summed E-state index contributed by atoms with van der Waals surface area (Å²) in [7, 11) is 1.77. The van der Waals surface area contributed by atoms with Gasteiger partial charge in [0.2, 0.25) is 5.91 Å². The maximum atomic E-state index is 15.0. The van der Waals surface area contributed by atoms with Gasteiger partial charge in [0.15, 0.2) is 17.2 Å². The number of carbonyl (C=O) groups is 3. The molecule has 4 fully saturated rings. The maximum absolute atomic E-state index is 15.0. The Morgan fingerprint density at radius 1 is 0.938 bits per heavy atom. The Morgan fingerprint density at radius 2 is 1.72 bits per heavy atom. The first-order valence-corrected chi connectivity index (χ1v) is 22.3. The van der Waals surface area contributed by atoms with Gasteiger partial charge in [0.25, 0.3) is 12.3 Å². The van der Waals surface area contributed by atoms with Gasteiger partial charge in [-0.15, -0.1) is 5.10 Å². The fourth-order valence-corrected chi connectivity index (χ4v) is 10.2. The van der Waals surface area contributed by atoms with E-state index < -0.39 is 36.6 Å². The highest BCUT2D eigenvalue weighted by atomic mass is 35.5. The fourth-order valence-electron chi connectivity index (χ4n) is 10.0. The number of carbonyl (C=O) groups excluding carboxylic acids is 3. The van der Waals surface area contributed by atoms with Crippen LogP contribution in [0.15, 0.2) is 67.0 Å². The molecule has 2 aliphatic carbocycles. The lowest BCUT2D eigenvalue weighted by Gasteiger charge is -2.47. The molecule has 4 amide bonds. The number of fused-ring (bicyclic) bond motifs is 2. The first kappa shape index (κ1) is 42.0. The van der Waals surface area contributed by atoms with Crippen molar-refractivity contribution in [3.8, 4) is 17.0 Å². The van der Waals surface area contributed by atoms with Crippen LogP contribution in [0.5, 0.6) is 5.75 Å². The SMILES string of the molecule is CNc1cc(N2CCc3c(-c4ccc(C(C(F)F)N5CCC6(CCC(Oc7ccc(Cl)c(N8CCC(=O)NC8=O)c7)CC6)CC5)cn4)cccc32)nn2c(C(=O)N[C@@H]3C[C@@H]3F)cnc12. The average molecular weight is 897 g/mol. The summed E-state index contributed by atoms with van der Waals surface area (Å²) >= 11 is 6.44. The second-order valence-corrected chi connectivity index (χ2v) is 18.0. The molecule has 2 saturated heterocycles. The van der Waals surface area contributed by atoms with Crippen LogP contribution in [0.1, 0.15) is 79.0 Å². The molecule has 3 aromatic heterocycles. The van der Waals surface area contributed by atoms with E-state index in [0.717, 1.165) is 55.3 Å². The Kier molecular flexibility index (Phi) is 11.1. The first-order chi connectivity index (χ1) is 31.0. The minimum absolute atomic E-state index is 0.0237. The molecule has 64 heavy (non-hydrogen) atoms. The van der Waals surface area contributed by atoms with Crippen molar-refractivity contribution < 1.29 is 32.3 Å². The predicted octanol–water partition coefficient (Wildman–Crippen LogP) is 7.88. The molecule has 0 radical (unpaired) electrons. The number of ether oxygens (including phenoxy) is 1. The molecule has 18 heteroatoms. The zero-order valence-corrected chi connectivity index (χ0v) is 36.0. The molecule has 1 spiro atoms. The van der Waals surface area contributed by atoms with Gasteiger partial charge in [0.05, 0.1) is 46.5 Å². The molecule has 3 aliphatic heterocycles. The van der Waals surface area contributed by atoms with E-state index in [1.165, 1.54) is 15.6 Å². The number of hydrogen-bond donors (Lipinski definition) is 3. The molecule has 2 saturated carbocycles. The summed E-state index contributed by atoms with van der Waals surface area (Å²) in [5.74, 6) is 0.448. The van der Waals surface area contributed by atoms with Gasteiger partial charge in [-0.05, 0) is 98.8 Å². The molecule has 5 aliphatic rings. The number of halogens is 4. The van der Waals surface area contributed by atoms with Crippen molar-refractivity contribution in [3.05, 3.63) is 88.8 Å². The number of hydrogen-bond acceptors (Lipinski definition) is 10. The van der Waals surface area contributed by atoms with Crippen LogP contribution in [0.3, 0.4) is 0 Å². The van der Waals surface area contributed by atoms with Crippen LogP contribution in [-0.4, -0.2) is 100 Å². The van der Waals surface area contributed by atoms with Crippen LogP contribution in [-0.2, 0) is 11.2 Å². The van der Waals surface area contributed by atoms with E-state index in [1.54, 1.807) is 37.5 Å². The molecule has 334 valence electrons. The highest BCUT2D eigenvalue weighted by Gasteiger charge is 2.42. The summed E-state index contributed by atoms with van der Waals surface area (Å²) < 4.78 is 51.4. The molecule has 3 atom stereocenters. The number of likely N-dealkylation sites (tertiary alicyclic amines) is 1. The van der Waals surface area contributed by atoms with Gasteiger partial charge in [0.1, 0.15) is 11.9 Å². The van der Waals surface area contributed by atoms with Crippen LogP contribution in [0.25, 0.3) is 16.9 Å². The van der Waals surface area contributed by atoms with Gasteiger partial charge >= 0.3 is 6.03 Å². The van der Waals surface area contributed by atoms with Crippen LogP contribution >= 0.6 is 11.6 Å². The second kappa shape index (κ2) is 16.9. The smallest absolute Gasteiger partial charge is 0.328 e. The summed E-state index contributed by atoms with van der Waals surface area (Å²) in [5, 5.41) is 13.4. The molecule has 3 N–H and O–H groups in total. The Labute approximate surface area is 372 Å². The van der Waals surface area contributed by atoms with Gasteiger partial charge in [-0.3, -0.25) is 29.7 Å². The topological polar surface area (TPSA) is 149 Å². The number of imide groups is 1. The molecule has 6 heterocycles. The van der Waals surface area contributed by atoms with E-state index in [2.05, 4.69) is 25.8 Å². The number of pyridine rings is 1. The van der Waals surface area contributed by atoms with E-state index in [1.807, 2.05) is 35.2 Å². The van der Waals surface area contributed by atoms with Crippen molar-refractivity contribution in [1.29, 1.82) is 0 Å². The molecule has 2 aromatic carbocycles. The molecule has 10 rings (SSSR count). The quantitative estimate of drug-likeness (QED) is 0.120. The Morgan fingerprint density at radius 3 is 2.42 bits per heavy atom. The number of rotatable bonds is 11. The lowest BCUT2D eigenvalue weighted by atomic mass is 9.67. The Bertz CT molecular complexity index is 2610. The number of imidazole rings is 1. The van der Waals surface area contributed by atoms with Crippen LogP contribution in [0.2, 0.25) is 5.02 Å². The number of amides is 4. The molecule has 5 aromatic rings. The lowest BCUT2D eigenvalue weighted by Crippen LogP contribution is -2.49. The van der Waals surface area contributed by atoms with Gasteiger partial charge in [-0.25, -0.2) is 27.5 Å². The third-order valence-corrected chi connectivity index (χ3v) is 14.1. The Balaban J connectivity index is 0.789. The number of benzene rings is 2. The number of urea groups is 1. The monoisotopic (exact) mass is 896 g/mol. The lowest BCUT2D eigenvalue weighted by molar-refractivity contribution is -0.120. The standard InChI is InChI=1S/C46H48ClF3N10O4/c1-51-35-23-39(56-60-38(25-53-43(35)60)44(62)54-34-22-32(34)48)58-17-11-30-29(3-2-4-36(30)58)33-8-5-26(24-52-33)41(42(49)50)57-19-15-46(16-20-57)13-9-27(10-14-46)64-28-6-7-31(47)37(21-28)59-18-12-40(61)55-45(59)63/h2-8,21,23-25,27,32,34,41-42,51H,9-20,22H2,1H3,(H,54,62)(H,55,61,63)/t32-,34+,41?/m0/s1. The van der Waals surface area contributed by atoms with Crippen molar-refractivity contribution in [2.75, 3.05) is 48.3 Å². The van der Waals surface area contributed by atoms with Crippen LogP contribution < -0.4 is 30.5 Å². The molecule has 14 nitrogen and oxygen atoms in total. The number of piperidine rings is 1. The van der Waals surface area contributed by atoms with Crippen LogP contribution in [0.4, 0.5) is 40.8 Å². The number of nitrogens with one attached hydrogen (secondary N) is 3. The number of anilines is 4. The van der Waals surface area contributed by atoms with Crippen molar-refractivity contribution >= 4 is 58.0 Å². The van der Waals surface area contributed by atoms with Crippen molar-refractivity contribution in [3.63, 3.8) is 0 Å². The molecular formula is C46H48ClF3N10O4. The maximum Gasteiger partial charge on any atom is 0.328 e. The van der Waals surface area contributed by atoms with Gasteiger partial charge in [-0.2, -0.15) is 0 Å². The number of aromatic nitrogens is 4. The van der Waals surface area contributed by atoms with Crippen LogP contribution in [0, 0.1) is 5.41 Å². The normalized spacial score (nSPS) is 21.6. The zero-order valence-electron chi connectivity index (χ0n) is 35.2. The van der Waals surface area contributed by atoms with E-state index in [4.69, 9.17) is 26.4 Å². The highest BCUT2D eigenvalue weighted by molar-refractivity contribution is 6.34. The Hall–Kier alpha value is -5.94. The molecular weight excluding hydrogens is 849 g/mol. The summed E-state index contributed by atoms with van der Waals surface area (Å²) in [5.41, 5.74) is 5.98. The van der Waals surface area contributed by atoms with E-state index in [9.17, 15) is 27.6 Å². The summed E-state index contributed by atoms with van der Waals surface area (Å²) in [6.45, 7) is 1.97. The summed E-state index contributed by atoms with van der Waals surface area (Å²) in [6.07, 6.45) is 5.73. The summed E-state index contributed by atoms with van der Waals surface area (Å²) in [4.78, 5) is 51.8.